The molecule has 0 unspecified atom stereocenters. The van der Waals surface area contributed by atoms with Gasteiger partial charge in [-0.1, -0.05) is 11.6 Å². The molecule has 2 aromatic carbocycles. The standard InChI is InChI=1S/C22H21BrClN3O6/c1-29-15-6-11-14(25-9-26-21(11)27-10-3-4-12(23)13(24)5-10)7-16(15)32-17-8-31-19-18(17)33-22(28)20(19)30-2/h3-7,9,17-20,22,28H,8H2,1-2H3,(H,25,26,27)/t17-,18+,19-,20+,22-/m1/s1. The molecule has 2 saturated heterocycles. The Labute approximate surface area is 203 Å². The predicted molar refractivity (Wildman–Crippen MR) is 124 cm³/mol. The van der Waals surface area contributed by atoms with E-state index in [2.05, 4.69) is 31.2 Å². The Kier molecular flexibility index (Phi) is 6.30. The van der Waals surface area contributed by atoms with Crippen molar-refractivity contribution in [2.45, 2.75) is 30.7 Å². The zero-order chi connectivity index (χ0) is 23.1. The van der Waals surface area contributed by atoms with E-state index in [1.165, 1.54) is 13.4 Å². The first-order valence-corrected chi connectivity index (χ1v) is 11.3. The SMILES string of the molecule is COc1cc2c(Nc3ccc(Br)c(Cl)c3)ncnc2cc1O[C@@H]1CO[C@@H]2[C@H]1O[C@@H](O)[C@H]2OC. The van der Waals surface area contributed by atoms with E-state index in [0.29, 0.717) is 34.5 Å². The molecule has 0 amide bonds. The molecule has 11 heteroatoms. The van der Waals surface area contributed by atoms with Gasteiger partial charge in [-0.3, -0.25) is 0 Å². The number of nitrogens with zero attached hydrogens (tertiary/aromatic N) is 2. The lowest BCUT2D eigenvalue weighted by molar-refractivity contribution is -0.154. The van der Waals surface area contributed by atoms with Gasteiger partial charge in [0, 0.05) is 28.7 Å². The van der Waals surface area contributed by atoms with E-state index in [1.54, 1.807) is 19.2 Å². The fourth-order valence-corrected chi connectivity index (χ4v) is 4.52. The summed E-state index contributed by atoms with van der Waals surface area (Å²) in [5.74, 6) is 1.58. The first-order chi connectivity index (χ1) is 16.0. The second-order valence-corrected chi connectivity index (χ2v) is 8.90. The topological polar surface area (TPSA) is 104 Å². The average molecular weight is 539 g/mol. The van der Waals surface area contributed by atoms with E-state index in [0.717, 1.165) is 15.5 Å². The highest BCUT2D eigenvalue weighted by Crippen LogP contribution is 2.39. The summed E-state index contributed by atoms with van der Waals surface area (Å²) >= 11 is 9.60. The van der Waals surface area contributed by atoms with Crippen molar-refractivity contribution in [1.82, 2.24) is 9.97 Å². The van der Waals surface area contributed by atoms with E-state index in [-0.39, 0.29) is 0 Å². The van der Waals surface area contributed by atoms with Crippen molar-refractivity contribution >= 4 is 49.9 Å². The van der Waals surface area contributed by atoms with Gasteiger partial charge in [-0.2, -0.15) is 0 Å². The van der Waals surface area contributed by atoms with Gasteiger partial charge >= 0.3 is 0 Å². The van der Waals surface area contributed by atoms with E-state index in [9.17, 15) is 5.11 Å². The smallest absolute Gasteiger partial charge is 0.184 e. The summed E-state index contributed by atoms with van der Waals surface area (Å²) in [5.41, 5.74) is 1.44. The largest absolute Gasteiger partial charge is 0.493 e. The molecule has 33 heavy (non-hydrogen) atoms. The van der Waals surface area contributed by atoms with Crippen LogP contribution in [0.2, 0.25) is 5.02 Å². The first kappa shape index (κ1) is 22.6. The molecule has 3 aromatic rings. The maximum atomic E-state index is 10.1. The number of rotatable bonds is 6. The van der Waals surface area contributed by atoms with Crippen LogP contribution < -0.4 is 14.8 Å². The van der Waals surface area contributed by atoms with E-state index < -0.39 is 30.7 Å². The predicted octanol–water partition coefficient (Wildman–Crippen LogP) is 3.68. The summed E-state index contributed by atoms with van der Waals surface area (Å²) in [5, 5.41) is 14.7. The number of aliphatic hydroxyl groups is 1. The molecular weight excluding hydrogens is 518 g/mol. The van der Waals surface area contributed by atoms with Gasteiger partial charge in [0.1, 0.15) is 30.5 Å². The normalized spacial score (nSPS) is 26.4. The number of aromatic nitrogens is 2. The molecule has 3 heterocycles. The van der Waals surface area contributed by atoms with Gasteiger partial charge < -0.3 is 34.1 Å². The van der Waals surface area contributed by atoms with Gasteiger partial charge in [0.05, 0.1) is 24.3 Å². The van der Waals surface area contributed by atoms with Crippen LogP contribution in [0.3, 0.4) is 0 Å². The molecule has 174 valence electrons. The van der Waals surface area contributed by atoms with Gasteiger partial charge in [-0.25, -0.2) is 9.97 Å². The third kappa shape index (κ3) is 4.23. The lowest BCUT2D eigenvalue weighted by atomic mass is 10.1. The van der Waals surface area contributed by atoms with Gasteiger partial charge in [0.25, 0.3) is 0 Å². The number of anilines is 2. The van der Waals surface area contributed by atoms with Crippen molar-refractivity contribution in [2.75, 3.05) is 26.1 Å². The maximum absolute atomic E-state index is 10.1. The van der Waals surface area contributed by atoms with Gasteiger partial charge in [-0.15, -0.1) is 0 Å². The number of halogens is 2. The molecule has 2 N–H and O–H groups in total. The molecule has 0 radical (unpaired) electrons. The molecular formula is C22H21BrClN3O6. The van der Waals surface area contributed by atoms with Crippen LogP contribution in [-0.2, 0) is 14.2 Å². The zero-order valence-electron chi connectivity index (χ0n) is 17.7. The lowest BCUT2D eigenvalue weighted by Gasteiger charge is -2.20. The van der Waals surface area contributed by atoms with Gasteiger partial charge in [-0.05, 0) is 40.2 Å². The maximum Gasteiger partial charge on any atom is 0.184 e. The number of fused-ring (bicyclic) bond motifs is 2. The fourth-order valence-electron chi connectivity index (χ4n) is 4.10. The molecule has 0 spiro atoms. The van der Waals surface area contributed by atoms with Gasteiger partial charge in [0.15, 0.2) is 23.9 Å². The van der Waals surface area contributed by atoms with E-state index in [4.69, 9.17) is 35.3 Å². The first-order valence-electron chi connectivity index (χ1n) is 10.2. The highest BCUT2D eigenvalue weighted by Gasteiger charge is 2.53. The highest BCUT2D eigenvalue weighted by atomic mass is 79.9. The summed E-state index contributed by atoms with van der Waals surface area (Å²) < 4.78 is 29.3. The molecule has 0 bridgehead atoms. The van der Waals surface area contributed by atoms with Crippen LogP contribution in [0.1, 0.15) is 0 Å². The molecule has 9 nitrogen and oxygen atoms in total. The summed E-state index contributed by atoms with van der Waals surface area (Å²) in [7, 11) is 3.07. The monoisotopic (exact) mass is 537 g/mol. The third-order valence-electron chi connectivity index (χ3n) is 5.70. The number of aliphatic hydroxyl groups excluding tert-OH is 1. The van der Waals surface area contributed by atoms with Crippen LogP contribution in [0.15, 0.2) is 41.1 Å². The molecule has 2 aliphatic heterocycles. The van der Waals surface area contributed by atoms with Gasteiger partial charge in [0.2, 0.25) is 0 Å². The Bertz CT molecular complexity index is 1180. The minimum atomic E-state index is -1.07. The second-order valence-electron chi connectivity index (χ2n) is 7.64. The molecule has 0 saturated carbocycles. The van der Waals surface area contributed by atoms with Crippen molar-refractivity contribution in [3.05, 3.63) is 46.2 Å². The lowest BCUT2D eigenvalue weighted by Crippen LogP contribution is -2.35. The number of ether oxygens (including phenoxy) is 5. The molecule has 5 atom stereocenters. The quantitative estimate of drug-likeness (QED) is 0.486. The Morgan fingerprint density at radius 3 is 2.76 bits per heavy atom. The van der Waals surface area contributed by atoms with Crippen LogP contribution in [0, 0.1) is 0 Å². The molecule has 5 rings (SSSR count). The van der Waals surface area contributed by atoms with Crippen LogP contribution in [0.5, 0.6) is 11.5 Å². The van der Waals surface area contributed by atoms with Crippen molar-refractivity contribution in [1.29, 1.82) is 0 Å². The summed E-state index contributed by atoms with van der Waals surface area (Å²) in [6.45, 7) is 0.296. The Morgan fingerprint density at radius 1 is 1.15 bits per heavy atom. The van der Waals surface area contributed by atoms with Crippen LogP contribution in [0.4, 0.5) is 11.5 Å². The van der Waals surface area contributed by atoms with Crippen LogP contribution in [0.25, 0.3) is 10.9 Å². The van der Waals surface area contributed by atoms with Crippen molar-refractivity contribution in [3.8, 4) is 11.5 Å². The van der Waals surface area contributed by atoms with E-state index >= 15 is 0 Å². The number of nitrogens with one attached hydrogen (secondary N) is 1. The number of hydrogen-bond acceptors (Lipinski definition) is 9. The van der Waals surface area contributed by atoms with Crippen LogP contribution in [-0.4, -0.2) is 66.6 Å². The third-order valence-corrected chi connectivity index (χ3v) is 6.93. The zero-order valence-corrected chi connectivity index (χ0v) is 20.0. The fraction of sp³-hybridized carbons (Fsp3) is 0.364. The summed E-state index contributed by atoms with van der Waals surface area (Å²) in [4.78, 5) is 8.76. The average Bonchev–Trinajstić information content (AvgIpc) is 3.33. The Morgan fingerprint density at radius 2 is 2.00 bits per heavy atom. The van der Waals surface area contributed by atoms with Crippen molar-refractivity contribution in [3.63, 3.8) is 0 Å². The summed E-state index contributed by atoms with van der Waals surface area (Å²) in [6, 6.07) is 9.13. The highest BCUT2D eigenvalue weighted by molar-refractivity contribution is 9.10. The second kappa shape index (κ2) is 9.21. The van der Waals surface area contributed by atoms with Crippen molar-refractivity contribution < 1.29 is 28.8 Å². The number of methoxy groups -OCH3 is 2. The number of hydrogen-bond donors (Lipinski definition) is 2. The minimum absolute atomic E-state index is 0.296. The molecule has 0 aliphatic carbocycles. The van der Waals surface area contributed by atoms with Crippen molar-refractivity contribution in [2.24, 2.45) is 0 Å². The Balaban J connectivity index is 1.43. The summed E-state index contributed by atoms with van der Waals surface area (Å²) in [6.07, 6.45) is -1.47. The van der Waals surface area contributed by atoms with Crippen LogP contribution >= 0.6 is 27.5 Å². The van der Waals surface area contributed by atoms with E-state index in [1.807, 2.05) is 18.2 Å². The molecule has 2 aliphatic rings. The molecule has 2 fully saturated rings. The number of benzene rings is 2. The molecule has 1 aromatic heterocycles. The Hall–Kier alpha value is -2.21. The minimum Gasteiger partial charge on any atom is -0.493 e.